The number of hydrogen-bond acceptors (Lipinski definition) is 6. The van der Waals surface area contributed by atoms with Crippen LogP contribution < -0.4 is 21.3 Å². The summed E-state index contributed by atoms with van der Waals surface area (Å²) < 4.78 is 31.0. The maximum Gasteiger partial charge on any atom is 0.269 e. The van der Waals surface area contributed by atoms with E-state index in [9.17, 15) is 22.8 Å². The molecule has 3 amide bonds. The lowest BCUT2D eigenvalue weighted by Crippen LogP contribution is -2.46. The summed E-state index contributed by atoms with van der Waals surface area (Å²) in [5.41, 5.74) is 10.4. The van der Waals surface area contributed by atoms with Crippen molar-refractivity contribution >= 4 is 27.7 Å². The van der Waals surface area contributed by atoms with Crippen LogP contribution in [0.1, 0.15) is 15.9 Å². The summed E-state index contributed by atoms with van der Waals surface area (Å²) in [5, 5.41) is 0. The van der Waals surface area contributed by atoms with E-state index in [-0.39, 0.29) is 22.8 Å². The Labute approximate surface area is 174 Å². The number of nitrogens with zero attached hydrogens (tertiary/aromatic N) is 1. The topological polar surface area (TPSA) is 148 Å². The molecular weight excluding hydrogens is 412 g/mol. The van der Waals surface area contributed by atoms with Crippen LogP contribution >= 0.6 is 0 Å². The number of nitrogens with one attached hydrogen (secondary N) is 2. The van der Waals surface area contributed by atoms with E-state index in [4.69, 9.17) is 10.5 Å². The van der Waals surface area contributed by atoms with Gasteiger partial charge in [0.2, 0.25) is 10.0 Å². The molecule has 0 heterocycles. The molecule has 0 radical (unpaired) electrons. The molecule has 160 valence electrons. The minimum atomic E-state index is -3.86. The first-order valence-electron chi connectivity index (χ1n) is 8.73. The van der Waals surface area contributed by atoms with Crippen LogP contribution in [0.5, 0.6) is 5.75 Å². The van der Waals surface area contributed by atoms with Crippen molar-refractivity contribution < 1.29 is 27.5 Å². The van der Waals surface area contributed by atoms with Crippen LogP contribution in [0, 0.1) is 6.92 Å². The largest absolute Gasteiger partial charge is 0.484 e. The number of primary amides is 1. The lowest BCUT2D eigenvalue weighted by molar-refractivity contribution is -0.122. The number of nitrogens with two attached hydrogens (primary N) is 1. The van der Waals surface area contributed by atoms with E-state index in [1.54, 1.807) is 12.1 Å². The zero-order valence-electron chi connectivity index (χ0n) is 16.4. The van der Waals surface area contributed by atoms with Gasteiger partial charge in [-0.1, -0.05) is 23.8 Å². The van der Waals surface area contributed by atoms with Gasteiger partial charge in [0.25, 0.3) is 17.7 Å². The molecule has 0 saturated carbocycles. The van der Waals surface area contributed by atoms with Crippen molar-refractivity contribution in [3.63, 3.8) is 0 Å². The second kappa shape index (κ2) is 9.85. The number of hydrazine groups is 1. The smallest absolute Gasteiger partial charge is 0.269 e. The average molecular weight is 434 g/mol. The number of benzene rings is 2. The summed E-state index contributed by atoms with van der Waals surface area (Å²) in [5.74, 6) is -1.81. The average Bonchev–Trinajstić information content (AvgIpc) is 2.71. The number of rotatable bonds is 8. The van der Waals surface area contributed by atoms with E-state index >= 15 is 0 Å². The highest BCUT2D eigenvalue weighted by atomic mass is 32.2. The molecule has 0 spiro atoms. The maximum atomic E-state index is 12.5. The molecule has 0 fully saturated rings. The highest BCUT2D eigenvalue weighted by Crippen LogP contribution is 2.15. The molecule has 0 atom stereocenters. The van der Waals surface area contributed by atoms with E-state index in [0.29, 0.717) is 0 Å². The minimum Gasteiger partial charge on any atom is -0.484 e. The van der Waals surface area contributed by atoms with Crippen molar-refractivity contribution in [3.05, 3.63) is 59.7 Å². The molecule has 0 aliphatic heterocycles. The minimum absolute atomic E-state index is 0.0558. The molecule has 30 heavy (non-hydrogen) atoms. The normalized spacial score (nSPS) is 11.0. The standard InChI is InChI=1S/C19H22N4O6S/c1-13-6-8-16(9-7-13)30(27,28)23(2)11-18(25)21-22-19(26)14-4-3-5-15(10-14)29-12-17(20)24/h3-10H,11-12H2,1-2H3,(H2,20,24)(H,21,25)(H,22,26). The summed E-state index contributed by atoms with van der Waals surface area (Å²) in [6, 6.07) is 12.1. The Morgan fingerprint density at radius 1 is 1.07 bits per heavy atom. The zero-order valence-corrected chi connectivity index (χ0v) is 17.2. The van der Waals surface area contributed by atoms with E-state index in [1.807, 2.05) is 6.92 Å². The number of carbonyl (C=O) groups excluding carboxylic acids is 3. The summed E-state index contributed by atoms with van der Waals surface area (Å²) in [7, 11) is -2.59. The Hall–Kier alpha value is -3.44. The van der Waals surface area contributed by atoms with Crippen LogP contribution in [0.2, 0.25) is 0 Å². The Bertz CT molecular complexity index is 1040. The summed E-state index contributed by atoms with van der Waals surface area (Å²) in [6.07, 6.45) is 0. The van der Waals surface area contributed by atoms with Crippen molar-refractivity contribution in [2.75, 3.05) is 20.2 Å². The molecule has 0 unspecified atom stereocenters. The first-order chi connectivity index (χ1) is 14.1. The summed E-state index contributed by atoms with van der Waals surface area (Å²) >= 11 is 0. The third-order valence-electron chi connectivity index (χ3n) is 3.89. The third-order valence-corrected chi connectivity index (χ3v) is 5.71. The van der Waals surface area contributed by atoms with Crippen LogP contribution in [-0.2, 0) is 19.6 Å². The van der Waals surface area contributed by atoms with Gasteiger partial charge in [-0.15, -0.1) is 0 Å². The van der Waals surface area contributed by atoms with Gasteiger partial charge in [0.1, 0.15) is 5.75 Å². The number of sulfonamides is 1. The number of likely N-dealkylation sites (N-methyl/N-ethyl adjacent to an activating group) is 1. The fourth-order valence-electron chi connectivity index (χ4n) is 2.30. The third kappa shape index (κ3) is 6.29. The predicted molar refractivity (Wildman–Crippen MR) is 108 cm³/mol. The Morgan fingerprint density at radius 3 is 2.37 bits per heavy atom. The lowest BCUT2D eigenvalue weighted by Gasteiger charge is -2.17. The molecule has 2 aromatic rings. The SMILES string of the molecule is Cc1ccc(S(=O)(=O)N(C)CC(=O)NNC(=O)c2cccc(OCC(N)=O)c2)cc1. The predicted octanol–water partition coefficient (Wildman–Crippen LogP) is -0.0592. The quantitative estimate of drug-likeness (QED) is 0.496. The van der Waals surface area contributed by atoms with Gasteiger partial charge in [-0.2, -0.15) is 4.31 Å². The molecular formula is C19H22N4O6S. The van der Waals surface area contributed by atoms with Crippen molar-refractivity contribution in [1.29, 1.82) is 0 Å². The van der Waals surface area contributed by atoms with Crippen molar-refractivity contribution in [2.45, 2.75) is 11.8 Å². The molecule has 10 nitrogen and oxygen atoms in total. The number of ether oxygens (including phenoxy) is 1. The van der Waals surface area contributed by atoms with Gasteiger partial charge in [-0.05, 0) is 37.3 Å². The van der Waals surface area contributed by atoms with E-state index in [2.05, 4.69) is 10.9 Å². The molecule has 11 heteroatoms. The number of hydrogen-bond donors (Lipinski definition) is 3. The van der Waals surface area contributed by atoms with Crippen molar-refractivity contribution in [2.24, 2.45) is 5.73 Å². The van der Waals surface area contributed by atoms with Gasteiger partial charge in [0.15, 0.2) is 6.61 Å². The summed E-state index contributed by atoms with van der Waals surface area (Å²) in [4.78, 5) is 35.0. The highest BCUT2D eigenvalue weighted by Gasteiger charge is 2.23. The molecule has 0 aliphatic carbocycles. The van der Waals surface area contributed by atoms with Gasteiger partial charge < -0.3 is 10.5 Å². The van der Waals surface area contributed by atoms with Crippen LogP contribution in [0.4, 0.5) is 0 Å². The Balaban J connectivity index is 1.92. The lowest BCUT2D eigenvalue weighted by atomic mass is 10.2. The van der Waals surface area contributed by atoms with E-state index in [1.165, 1.54) is 43.4 Å². The van der Waals surface area contributed by atoms with Gasteiger partial charge in [0, 0.05) is 12.6 Å². The highest BCUT2D eigenvalue weighted by molar-refractivity contribution is 7.89. The van der Waals surface area contributed by atoms with Crippen molar-refractivity contribution in [1.82, 2.24) is 15.2 Å². The first-order valence-corrected chi connectivity index (χ1v) is 10.2. The van der Waals surface area contributed by atoms with Crippen molar-refractivity contribution in [3.8, 4) is 5.75 Å². The molecule has 2 aromatic carbocycles. The number of carbonyl (C=O) groups is 3. The maximum absolute atomic E-state index is 12.5. The summed E-state index contributed by atoms with van der Waals surface area (Å²) in [6.45, 7) is 0.984. The van der Waals surface area contributed by atoms with Crippen LogP contribution in [0.15, 0.2) is 53.4 Å². The molecule has 0 aromatic heterocycles. The molecule has 0 bridgehead atoms. The first kappa shape index (κ1) is 22.8. The molecule has 0 saturated heterocycles. The van der Waals surface area contributed by atoms with Gasteiger partial charge in [-0.3, -0.25) is 25.2 Å². The van der Waals surface area contributed by atoms with Gasteiger partial charge in [0.05, 0.1) is 11.4 Å². The molecule has 0 aliphatic rings. The van der Waals surface area contributed by atoms with Crippen LogP contribution in [0.25, 0.3) is 0 Å². The van der Waals surface area contributed by atoms with Crippen LogP contribution in [-0.4, -0.2) is 50.6 Å². The van der Waals surface area contributed by atoms with Gasteiger partial charge >= 0.3 is 0 Å². The van der Waals surface area contributed by atoms with Crippen LogP contribution in [0.3, 0.4) is 0 Å². The van der Waals surface area contributed by atoms with E-state index < -0.39 is 34.3 Å². The second-order valence-electron chi connectivity index (χ2n) is 6.36. The Morgan fingerprint density at radius 2 is 1.73 bits per heavy atom. The molecule has 2 rings (SSSR count). The molecule has 4 N–H and O–H groups in total. The number of aryl methyl sites for hydroxylation is 1. The Kier molecular flexibility index (Phi) is 7.50. The van der Waals surface area contributed by atoms with E-state index in [0.717, 1.165) is 9.87 Å². The van der Waals surface area contributed by atoms with Gasteiger partial charge in [-0.25, -0.2) is 8.42 Å². The second-order valence-corrected chi connectivity index (χ2v) is 8.40. The fourth-order valence-corrected chi connectivity index (χ4v) is 3.42. The zero-order chi connectivity index (χ0) is 22.3. The monoisotopic (exact) mass is 434 g/mol. The fraction of sp³-hybridized carbons (Fsp3) is 0.211. The number of amides is 3.